The molecule has 0 spiro atoms. The molecule has 1 aromatic carbocycles. The SMILES string of the molecule is Cc1ccc(C)c(Sc2ncccc2C(=O)OC(C)C(=O)Nc2sccc2C(N)=O)c1. The number of anilines is 1. The van der Waals surface area contributed by atoms with Gasteiger partial charge in [-0.25, -0.2) is 9.78 Å². The van der Waals surface area contributed by atoms with Crippen molar-refractivity contribution >= 4 is 45.9 Å². The minimum Gasteiger partial charge on any atom is -0.449 e. The summed E-state index contributed by atoms with van der Waals surface area (Å²) >= 11 is 2.52. The third-order valence-corrected chi connectivity index (χ3v) is 6.37. The van der Waals surface area contributed by atoms with Crippen molar-refractivity contribution in [3.05, 3.63) is 70.2 Å². The largest absolute Gasteiger partial charge is 0.449 e. The summed E-state index contributed by atoms with van der Waals surface area (Å²) < 4.78 is 5.36. The second-order valence-corrected chi connectivity index (χ2v) is 8.74. The van der Waals surface area contributed by atoms with Crippen molar-refractivity contribution in [2.75, 3.05) is 5.32 Å². The highest BCUT2D eigenvalue weighted by Crippen LogP contribution is 2.32. The topological polar surface area (TPSA) is 111 Å². The first kappa shape index (κ1) is 22.5. The van der Waals surface area contributed by atoms with Gasteiger partial charge in [-0.1, -0.05) is 23.9 Å². The van der Waals surface area contributed by atoms with Gasteiger partial charge in [0.15, 0.2) is 6.10 Å². The maximum Gasteiger partial charge on any atom is 0.341 e. The number of thiophene rings is 1. The summed E-state index contributed by atoms with van der Waals surface area (Å²) in [5.74, 6) is -1.87. The molecule has 0 fully saturated rings. The second-order valence-electron chi connectivity index (χ2n) is 6.79. The van der Waals surface area contributed by atoms with Gasteiger partial charge in [-0.2, -0.15) is 0 Å². The van der Waals surface area contributed by atoms with Gasteiger partial charge in [-0.05, 0) is 61.5 Å². The first-order valence-corrected chi connectivity index (χ1v) is 11.0. The van der Waals surface area contributed by atoms with Crippen LogP contribution in [0.4, 0.5) is 5.00 Å². The van der Waals surface area contributed by atoms with Crippen LogP contribution in [0.2, 0.25) is 0 Å². The predicted octanol–water partition coefficient (Wildman–Crippen LogP) is 4.19. The van der Waals surface area contributed by atoms with Gasteiger partial charge in [0.2, 0.25) is 0 Å². The van der Waals surface area contributed by atoms with Gasteiger partial charge in [0, 0.05) is 11.1 Å². The second kappa shape index (κ2) is 9.76. The van der Waals surface area contributed by atoms with E-state index in [1.165, 1.54) is 24.8 Å². The van der Waals surface area contributed by atoms with E-state index in [4.69, 9.17) is 10.5 Å². The van der Waals surface area contributed by atoms with Crippen molar-refractivity contribution in [1.29, 1.82) is 0 Å². The van der Waals surface area contributed by atoms with Gasteiger partial charge in [-0.15, -0.1) is 11.3 Å². The summed E-state index contributed by atoms with van der Waals surface area (Å²) in [5.41, 5.74) is 7.92. The molecule has 160 valence electrons. The van der Waals surface area contributed by atoms with Gasteiger partial charge in [-0.3, -0.25) is 9.59 Å². The van der Waals surface area contributed by atoms with Gasteiger partial charge in [0.25, 0.3) is 11.8 Å². The average Bonchev–Trinajstić information content (AvgIpc) is 3.19. The Morgan fingerprint density at radius 2 is 1.94 bits per heavy atom. The van der Waals surface area contributed by atoms with E-state index >= 15 is 0 Å². The highest BCUT2D eigenvalue weighted by Gasteiger charge is 2.23. The summed E-state index contributed by atoms with van der Waals surface area (Å²) in [6.07, 6.45) is 0.511. The van der Waals surface area contributed by atoms with E-state index < -0.39 is 23.9 Å². The van der Waals surface area contributed by atoms with Crippen molar-refractivity contribution in [2.24, 2.45) is 5.73 Å². The van der Waals surface area contributed by atoms with Crippen LogP contribution in [0.25, 0.3) is 0 Å². The number of amides is 2. The van der Waals surface area contributed by atoms with E-state index in [0.717, 1.165) is 27.4 Å². The lowest BCUT2D eigenvalue weighted by molar-refractivity contribution is -0.123. The molecule has 1 unspecified atom stereocenters. The highest BCUT2D eigenvalue weighted by molar-refractivity contribution is 7.99. The van der Waals surface area contributed by atoms with Crippen LogP contribution >= 0.6 is 23.1 Å². The lowest BCUT2D eigenvalue weighted by Crippen LogP contribution is -2.30. The van der Waals surface area contributed by atoms with Gasteiger partial charge in [0.05, 0.1) is 11.1 Å². The molecule has 0 aliphatic carbocycles. The number of nitrogens with two attached hydrogens (primary N) is 1. The van der Waals surface area contributed by atoms with E-state index in [0.29, 0.717) is 10.0 Å². The number of primary amides is 1. The molecule has 2 aromatic heterocycles. The third kappa shape index (κ3) is 5.50. The van der Waals surface area contributed by atoms with Crippen molar-refractivity contribution in [1.82, 2.24) is 4.98 Å². The Morgan fingerprint density at radius 3 is 2.68 bits per heavy atom. The van der Waals surface area contributed by atoms with E-state index in [1.807, 2.05) is 32.0 Å². The number of esters is 1. The van der Waals surface area contributed by atoms with Crippen molar-refractivity contribution < 1.29 is 19.1 Å². The number of hydrogen-bond acceptors (Lipinski definition) is 7. The number of nitrogens with one attached hydrogen (secondary N) is 1. The number of aromatic nitrogens is 1. The van der Waals surface area contributed by atoms with Crippen LogP contribution in [0.3, 0.4) is 0 Å². The van der Waals surface area contributed by atoms with Crippen LogP contribution in [0.15, 0.2) is 57.9 Å². The maximum absolute atomic E-state index is 12.8. The van der Waals surface area contributed by atoms with E-state index in [1.54, 1.807) is 23.7 Å². The Bertz CT molecular complexity index is 1140. The normalized spacial score (nSPS) is 11.6. The van der Waals surface area contributed by atoms with Crippen LogP contribution < -0.4 is 11.1 Å². The molecule has 0 radical (unpaired) electrons. The Hall–Kier alpha value is -3.17. The number of ether oxygens (including phenoxy) is 1. The lowest BCUT2D eigenvalue weighted by Gasteiger charge is -2.15. The summed E-state index contributed by atoms with van der Waals surface area (Å²) in [7, 11) is 0. The highest BCUT2D eigenvalue weighted by atomic mass is 32.2. The molecule has 3 rings (SSSR count). The smallest absolute Gasteiger partial charge is 0.341 e. The van der Waals surface area contributed by atoms with E-state index in [-0.39, 0.29) is 11.1 Å². The number of carbonyl (C=O) groups is 3. The van der Waals surface area contributed by atoms with Crippen molar-refractivity contribution in [3.63, 3.8) is 0 Å². The average molecular weight is 456 g/mol. The minimum atomic E-state index is -1.09. The van der Waals surface area contributed by atoms with Crippen LogP contribution in [0.1, 0.15) is 38.8 Å². The minimum absolute atomic E-state index is 0.205. The number of rotatable bonds is 7. The lowest BCUT2D eigenvalue weighted by atomic mass is 10.2. The molecule has 0 aliphatic heterocycles. The standard InChI is InChI=1S/C22H21N3O4S2/c1-12-6-7-13(2)17(11-12)31-20-16(5-4-9-24-20)22(28)29-14(3)19(27)25-21-15(18(23)26)8-10-30-21/h4-11,14H,1-3H3,(H2,23,26)(H,25,27). The Labute approximate surface area is 188 Å². The van der Waals surface area contributed by atoms with Gasteiger partial charge in [0.1, 0.15) is 10.0 Å². The van der Waals surface area contributed by atoms with Crippen molar-refractivity contribution in [2.45, 2.75) is 36.8 Å². The molecule has 0 aliphatic rings. The molecule has 3 aromatic rings. The van der Waals surface area contributed by atoms with E-state index in [2.05, 4.69) is 10.3 Å². The molecular formula is C22H21N3O4S2. The first-order valence-electron chi connectivity index (χ1n) is 9.35. The van der Waals surface area contributed by atoms with Crippen LogP contribution in [0.5, 0.6) is 0 Å². The number of aryl methyl sites for hydroxylation is 2. The van der Waals surface area contributed by atoms with Crippen LogP contribution in [0, 0.1) is 13.8 Å². The zero-order chi connectivity index (χ0) is 22.5. The molecule has 2 amide bonds. The number of nitrogens with zero attached hydrogens (tertiary/aromatic N) is 1. The Balaban J connectivity index is 1.73. The molecule has 1 atom stereocenters. The molecule has 0 saturated heterocycles. The molecule has 9 heteroatoms. The van der Waals surface area contributed by atoms with Crippen molar-refractivity contribution in [3.8, 4) is 0 Å². The summed E-state index contributed by atoms with van der Waals surface area (Å²) in [6, 6.07) is 10.8. The maximum atomic E-state index is 12.8. The van der Waals surface area contributed by atoms with E-state index in [9.17, 15) is 14.4 Å². The molecule has 0 bridgehead atoms. The molecular weight excluding hydrogens is 434 g/mol. The Kier molecular flexibility index (Phi) is 7.09. The number of hydrogen-bond donors (Lipinski definition) is 2. The number of carbonyl (C=O) groups excluding carboxylic acids is 3. The zero-order valence-electron chi connectivity index (χ0n) is 17.2. The molecule has 3 N–H and O–H groups in total. The third-order valence-electron chi connectivity index (χ3n) is 4.36. The zero-order valence-corrected chi connectivity index (χ0v) is 18.8. The molecule has 2 heterocycles. The summed E-state index contributed by atoms with van der Waals surface area (Å²) in [6.45, 7) is 5.44. The van der Waals surface area contributed by atoms with Crippen LogP contribution in [-0.2, 0) is 9.53 Å². The fourth-order valence-electron chi connectivity index (χ4n) is 2.64. The monoisotopic (exact) mass is 455 g/mol. The summed E-state index contributed by atoms with van der Waals surface area (Å²) in [4.78, 5) is 41.9. The van der Waals surface area contributed by atoms with Gasteiger partial charge < -0.3 is 15.8 Å². The molecule has 7 nitrogen and oxygen atoms in total. The number of pyridine rings is 1. The molecule has 31 heavy (non-hydrogen) atoms. The first-order chi connectivity index (χ1) is 14.8. The summed E-state index contributed by atoms with van der Waals surface area (Å²) in [5, 5.41) is 5.02. The Morgan fingerprint density at radius 1 is 1.16 bits per heavy atom. The quantitative estimate of drug-likeness (QED) is 0.517. The van der Waals surface area contributed by atoms with Gasteiger partial charge >= 0.3 is 5.97 Å². The number of benzene rings is 1. The van der Waals surface area contributed by atoms with Crippen LogP contribution in [-0.4, -0.2) is 28.9 Å². The fraction of sp³-hybridized carbons (Fsp3) is 0.182. The molecule has 0 saturated carbocycles. The fourth-order valence-corrected chi connectivity index (χ4v) is 4.49. The predicted molar refractivity (Wildman–Crippen MR) is 121 cm³/mol.